The molecule has 0 saturated heterocycles. The van der Waals surface area contributed by atoms with Gasteiger partial charge in [0.1, 0.15) is 12.4 Å². The lowest BCUT2D eigenvalue weighted by atomic mass is 10.2. The summed E-state index contributed by atoms with van der Waals surface area (Å²) in [5.74, 6) is 5.11. The SMILES string of the molecule is O=S(=O)(NCC#CCOc1cccc(C(F)(F)F)c1)c1ccccc1. The van der Waals surface area contributed by atoms with Crippen LogP contribution in [-0.2, 0) is 16.2 Å². The molecule has 8 heteroatoms. The predicted molar refractivity (Wildman–Crippen MR) is 86.3 cm³/mol. The van der Waals surface area contributed by atoms with Crippen molar-refractivity contribution >= 4 is 10.0 Å². The highest BCUT2D eigenvalue weighted by molar-refractivity contribution is 7.89. The molecule has 0 bridgehead atoms. The van der Waals surface area contributed by atoms with E-state index < -0.39 is 21.8 Å². The van der Waals surface area contributed by atoms with Gasteiger partial charge in [-0.2, -0.15) is 17.9 Å². The van der Waals surface area contributed by atoms with E-state index in [1.807, 2.05) is 0 Å². The molecule has 0 aliphatic heterocycles. The summed E-state index contributed by atoms with van der Waals surface area (Å²) in [6.45, 7) is -0.294. The predicted octanol–water partition coefficient (Wildman–Crippen LogP) is 3.07. The number of rotatable bonds is 5. The Balaban J connectivity index is 1.84. The fourth-order valence-corrected chi connectivity index (χ4v) is 2.75. The average molecular weight is 369 g/mol. The molecule has 132 valence electrons. The maximum atomic E-state index is 12.6. The second-order valence-corrected chi connectivity index (χ2v) is 6.57. The fraction of sp³-hybridized carbons (Fsp3) is 0.176. The molecule has 2 aromatic carbocycles. The smallest absolute Gasteiger partial charge is 0.416 e. The molecule has 0 spiro atoms. The zero-order valence-corrected chi connectivity index (χ0v) is 13.7. The first-order valence-electron chi connectivity index (χ1n) is 7.09. The lowest BCUT2D eigenvalue weighted by molar-refractivity contribution is -0.137. The molecular formula is C17H14F3NO3S. The molecule has 0 saturated carbocycles. The second-order valence-electron chi connectivity index (χ2n) is 4.81. The van der Waals surface area contributed by atoms with Crippen molar-refractivity contribution in [2.24, 2.45) is 0 Å². The maximum Gasteiger partial charge on any atom is 0.416 e. The van der Waals surface area contributed by atoms with Crippen molar-refractivity contribution in [3.63, 3.8) is 0 Å². The molecule has 0 atom stereocenters. The molecule has 0 amide bonds. The summed E-state index contributed by atoms with van der Waals surface area (Å²) in [6, 6.07) is 12.2. The van der Waals surface area contributed by atoms with Crippen LogP contribution in [0.15, 0.2) is 59.5 Å². The van der Waals surface area contributed by atoms with Gasteiger partial charge in [-0.15, -0.1) is 0 Å². The van der Waals surface area contributed by atoms with Gasteiger partial charge in [-0.1, -0.05) is 36.1 Å². The summed E-state index contributed by atoms with van der Waals surface area (Å²) in [7, 11) is -3.64. The Morgan fingerprint density at radius 2 is 1.72 bits per heavy atom. The van der Waals surface area contributed by atoms with E-state index in [1.54, 1.807) is 18.2 Å². The molecule has 2 rings (SSSR count). The van der Waals surface area contributed by atoms with Crippen LogP contribution in [0.2, 0.25) is 0 Å². The van der Waals surface area contributed by atoms with Gasteiger partial charge in [0.15, 0.2) is 0 Å². The van der Waals surface area contributed by atoms with Crippen LogP contribution in [0.5, 0.6) is 5.75 Å². The number of ether oxygens (including phenoxy) is 1. The van der Waals surface area contributed by atoms with E-state index in [4.69, 9.17) is 4.74 Å². The third-order valence-electron chi connectivity index (χ3n) is 3.00. The largest absolute Gasteiger partial charge is 0.481 e. The van der Waals surface area contributed by atoms with Crippen LogP contribution in [0.4, 0.5) is 13.2 Å². The van der Waals surface area contributed by atoms with Crippen molar-refractivity contribution in [2.75, 3.05) is 13.2 Å². The molecule has 0 heterocycles. The minimum absolute atomic E-state index is 0.0361. The van der Waals surface area contributed by atoms with E-state index in [-0.39, 0.29) is 23.8 Å². The van der Waals surface area contributed by atoms with Crippen molar-refractivity contribution in [2.45, 2.75) is 11.1 Å². The summed E-state index contributed by atoms with van der Waals surface area (Å²) >= 11 is 0. The van der Waals surface area contributed by atoms with Crippen LogP contribution < -0.4 is 9.46 Å². The fourth-order valence-electron chi connectivity index (χ4n) is 1.81. The van der Waals surface area contributed by atoms with Gasteiger partial charge in [-0.25, -0.2) is 8.42 Å². The van der Waals surface area contributed by atoms with Crippen molar-refractivity contribution in [1.82, 2.24) is 4.72 Å². The molecule has 0 aromatic heterocycles. The Bertz CT molecular complexity index is 869. The average Bonchev–Trinajstić information content (AvgIpc) is 2.58. The first-order valence-corrected chi connectivity index (χ1v) is 8.58. The normalized spacial score (nSPS) is 11.5. The minimum Gasteiger partial charge on any atom is -0.481 e. The van der Waals surface area contributed by atoms with Gasteiger partial charge in [0.25, 0.3) is 0 Å². The van der Waals surface area contributed by atoms with E-state index >= 15 is 0 Å². The number of benzene rings is 2. The van der Waals surface area contributed by atoms with Gasteiger partial charge in [0, 0.05) is 0 Å². The first-order chi connectivity index (χ1) is 11.8. The quantitative estimate of drug-likeness (QED) is 0.825. The molecule has 1 N–H and O–H groups in total. The van der Waals surface area contributed by atoms with Crippen LogP contribution in [0, 0.1) is 11.8 Å². The first kappa shape index (κ1) is 18.8. The van der Waals surface area contributed by atoms with Crippen molar-refractivity contribution in [3.05, 3.63) is 60.2 Å². The lowest BCUT2D eigenvalue weighted by Crippen LogP contribution is -2.23. The van der Waals surface area contributed by atoms with E-state index in [2.05, 4.69) is 16.6 Å². The topological polar surface area (TPSA) is 55.4 Å². The van der Waals surface area contributed by atoms with Crippen molar-refractivity contribution in [3.8, 4) is 17.6 Å². The standard InChI is InChI=1S/C17H14F3NO3S/c18-17(19,20)14-7-6-8-15(13-14)24-12-5-4-11-21-25(22,23)16-9-2-1-3-10-16/h1-3,6-10,13,21H,11-12H2. The van der Waals surface area contributed by atoms with Crippen LogP contribution in [-0.4, -0.2) is 21.6 Å². The third-order valence-corrected chi connectivity index (χ3v) is 4.42. The highest BCUT2D eigenvalue weighted by atomic mass is 32.2. The van der Waals surface area contributed by atoms with Gasteiger partial charge < -0.3 is 4.74 Å². The second kappa shape index (κ2) is 8.05. The number of alkyl halides is 3. The Kier molecular flexibility index (Phi) is 6.07. The van der Waals surface area contributed by atoms with E-state index in [0.717, 1.165) is 12.1 Å². The molecule has 2 aromatic rings. The molecule has 0 aliphatic carbocycles. The number of hydrogen-bond acceptors (Lipinski definition) is 3. The number of sulfonamides is 1. The summed E-state index contributed by atoms with van der Waals surface area (Å²) in [6.07, 6.45) is -4.44. The van der Waals surface area contributed by atoms with E-state index in [1.165, 1.54) is 24.3 Å². The minimum atomic E-state index is -4.44. The Morgan fingerprint density at radius 3 is 2.40 bits per heavy atom. The van der Waals surface area contributed by atoms with E-state index in [0.29, 0.717) is 0 Å². The highest BCUT2D eigenvalue weighted by Gasteiger charge is 2.30. The zero-order valence-electron chi connectivity index (χ0n) is 12.9. The molecule has 0 aliphatic rings. The Morgan fingerprint density at radius 1 is 1.00 bits per heavy atom. The molecule has 0 fully saturated rings. The molecule has 4 nitrogen and oxygen atoms in total. The van der Waals surface area contributed by atoms with Crippen LogP contribution >= 0.6 is 0 Å². The molecule has 0 unspecified atom stereocenters. The van der Waals surface area contributed by atoms with Crippen LogP contribution in [0.25, 0.3) is 0 Å². The molecule has 25 heavy (non-hydrogen) atoms. The number of hydrogen-bond donors (Lipinski definition) is 1. The summed E-state index contributed by atoms with van der Waals surface area (Å²) < 4.78 is 68.9. The van der Waals surface area contributed by atoms with Gasteiger partial charge in [0.05, 0.1) is 17.0 Å². The Hall–Kier alpha value is -2.50. The number of nitrogens with one attached hydrogen (secondary N) is 1. The van der Waals surface area contributed by atoms with Crippen molar-refractivity contribution < 1.29 is 26.3 Å². The summed E-state index contributed by atoms with van der Waals surface area (Å²) in [5.41, 5.74) is -0.811. The lowest BCUT2D eigenvalue weighted by Gasteiger charge is -2.08. The monoisotopic (exact) mass is 369 g/mol. The summed E-state index contributed by atoms with van der Waals surface area (Å²) in [5, 5.41) is 0. The number of halogens is 3. The van der Waals surface area contributed by atoms with Crippen molar-refractivity contribution in [1.29, 1.82) is 0 Å². The van der Waals surface area contributed by atoms with Gasteiger partial charge in [0.2, 0.25) is 10.0 Å². The van der Waals surface area contributed by atoms with Gasteiger partial charge in [-0.3, -0.25) is 0 Å². The zero-order chi connectivity index (χ0) is 18.3. The van der Waals surface area contributed by atoms with Gasteiger partial charge >= 0.3 is 6.18 Å². The molecular weight excluding hydrogens is 355 g/mol. The highest BCUT2D eigenvalue weighted by Crippen LogP contribution is 2.31. The molecule has 0 radical (unpaired) electrons. The van der Waals surface area contributed by atoms with Gasteiger partial charge in [-0.05, 0) is 30.3 Å². The third kappa shape index (κ3) is 5.81. The van der Waals surface area contributed by atoms with E-state index in [9.17, 15) is 21.6 Å². The Labute approximate surface area is 143 Å². The van der Waals surface area contributed by atoms with Crippen LogP contribution in [0.1, 0.15) is 5.56 Å². The maximum absolute atomic E-state index is 12.6. The van der Waals surface area contributed by atoms with Crippen LogP contribution in [0.3, 0.4) is 0 Å². The summed E-state index contributed by atoms with van der Waals surface area (Å²) in [4.78, 5) is 0.122.